The zero-order chi connectivity index (χ0) is 11.3. The maximum Gasteiger partial charge on any atom is 0.154 e. The highest BCUT2D eigenvalue weighted by atomic mass is 32.2. The first-order valence-corrected chi connectivity index (χ1v) is 7.37. The second-order valence-electron chi connectivity index (χ2n) is 4.35. The second-order valence-corrected chi connectivity index (χ2v) is 6.75. The van der Waals surface area contributed by atoms with Crippen LogP contribution in [0.15, 0.2) is 0 Å². The molecule has 0 aromatic rings. The van der Waals surface area contributed by atoms with Crippen molar-refractivity contribution < 1.29 is 8.42 Å². The predicted octanol–water partition coefficient (Wildman–Crippen LogP) is 0.151. The second kappa shape index (κ2) is 5.82. The fraction of sp³-hybridized carbons (Fsp3) is 1.00. The summed E-state index contributed by atoms with van der Waals surface area (Å²) in [6, 6.07) is 0.326. The molecule has 1 aliphatic rings. The minimum absolute atomic E-state index is 0.162. The molecule has 0 radical (unpaired) electrons. The molecule has 2 N–H and O–H groups in total. The van der Waals surface area contributed by atoms with Gasteiger partial charge < -0.3 is 10.6 Å². The fourth-order valence-electron chi connectivity index (χ4n) is 1.96. The van der Waals surface area contributed by atoms with E-state index >= 15 is 0 Å². The molecule has 1 saturated heterocycles. The normalized spacial score (nSPS) is 27.5. The average molecular weight is 234 g/mol. The van der Waals surface area contributed by atoms with E-state index in [1.807, 2.05) is 7.05 Å². The summed E-state index contributed by atoms with van der Waals surface area (Å²) in [5, 5.41) is 6.17. The summed E-state index contributed by atoms with van der Waals surface area (Å²) in [5.74, 6) is 0.375. The van der Waals surface area contributed by atoms with E-state index in [9.17, 15) is 8.42 Å². The van der Waals surface area contributed by atoms with Crippen LogP contribution in [0.1, 0.15) is 26.2 Å². The van der Waals surface area contributed by atoms with Gasteiger partial charge in [0, 0.05) is 19.1 Å². The van der Waals surface area contributed by atoms with E-state index in [2.05, 4.69) is 17.6 Å². The Balaban J connectivity index is 2.37. The smallest absolute Gasteiger partial charge is 0.154 e. The summed E-state index contributed by atoms with van der Waals surface area (Å²) < 4.78 is 23.4. The Morgan fingerprint density at radius 3 is 2.73 bits per heavy atom. The average Bonchev–Trinajstić information content (AvgIpc) is 2.16. The van der Waals surface area contributed by atoms with Crippen LogP contribution in [0, 0.1) is 0 Å². The first-order chi connectivity index (χ1) is 7.06. The van der Waals surface area contributed by atoms with Crippen LogP contribution < -0.4 is 10.6 Å². The third-order valence-electron chi connectivity index (χ3n) is 2.92. The van der Waals surface area contributed by atoms with Crippen LogP contribution in [0.2, 0.25) is 0 Å². The number of nitrogens with one attached hydrogen (secondary N) is 2. The van der Waals surface area contributed by atoms with E-state index < -0.39 is 9.84 Å². The molecule has 1 rings (SSSR count). The molecule has 2 unspecified atom stereocenters. The van der Waals surface area contributed by atoms with Crippen LogP contribution in [0.5, 0.6) is 0 Å². The molecule has 0 aromatic heterocycles. The lowest BCUT2D eigenvalue weighted by Crippen LogP contribution is -2.43. The van der Waals surface area contributed by atoms with Gasteiger partial charge in [0.05, 0.1) is 11.0 Å². The van der Waals surface area contributed by atoms with Crippen LogP contribution >= 0.6 is 0 Å². The molecule has 0 saturated carbocycles. The zero-order valence-corrected chi connectivity index (χ0v) is 10.4. The predicted molar refractivity (Wildman–Crippen MR) is 62.8 cm³/mol. The molecule has 0 aliphatic carbocycles. The molecule has 1 aliphatic heterocycles. The molecule has 0 aromatic carbocycles. The lowest BCUT2D eigenvalue weighted by molar-refractivity contribution is 0.480. The van der Waals surface area contributed by atoms with E-state index in [0.717, 1.165) is 25.8 Å². The SMILES string of the molecule is CNCC(C)NCC1CCCCS1(=O)=O. The van der Waals surface area contributed by atoms with Crippen LogP contribution in [0.25, 0.3) is 0 Å². The van der Waals surface area contributed by atoms with E-state index in [-0.39, 0.29) is 5.25 Å². The lowest BCUT2D eigenvalue weighted by atomic mass is 10.2. The van der Waals surface area contributed by atoms with Crippen molar-refractivity contribution in [1.82, 2.24) is 10.6 Å². The van der Waals surface area contributed by atoms with Crippen LogP contribution in [-0.4, -0.2) is 45.6 Å². The van der Waals surface area contributed by atoms with Gasteiger partial charge in [-0.3, -0.25) is 0 Å². The van der Waals surface area contributed by atoms with Gasteiger partial charge in [0.2, 0.25) is 0 Å². The van der Waals surface area contributed by atoms with E-state index in [1.165, 1.54) is 0 Å². The molecule has 0 spiro atoms. The third kappa shape index (κ3) is 4.09. The molecule has 1 fully saturated rings. The van der Waals surface area contributed by atoms with E-state index in [0.29, 0.717) is 18.3 Å². The highest BCUT2D eigenvalue weighted by Gasteiger charge is 2.28. The first-order valence-electron chi connectivity index (χ1n) is 5.66. The Hall–Kier alpha value is -0.130. The van der Waals surface area contributed by atoms with Crippen molar-refractivity contribution in [3.8, 4) is 0 Å². The van der Waals surface area contributed by atoms with Gasteiger partial charge in [-0.05, 0) is 26.8 Å². The van der Waals surface area contributed by atoms with Gasteiger partial charge in [0.1, 0.15) is 0 Å². The van der Waals surface area contributed by atoms with Gasteiger partial charge in [-0.15, -0.1) is 0 Å². The van der Waals surface area contributed by atoms with Gasteiger partial charge in [-0.1, -0.05) is 6.42 Å². The molecule has 90 valence electrons. The maximum absolute atomic E-state index is 11.7. The summed E-state index contributed by atoms with van der Waals surface area (Å²) in [5.41, 5.74) is 0. The summed E-state index contributed by atoms with van der Waals surface area (Å²) in [6.07, 6.45) is 2.71. The molecule has 0 bridgehead atoms. The van der Waals surface area contributed by atoms with Crippen molar-refractivity contribution in [3.63, 3.8) is 0 Å². The number of sulfone groups is 1. The Bertz CT molecular complexity index is 277. The molecule has 5 heteroatoms. The number of hydrogen-bond acceptors (Lipinski definition) is 4. The zero-order valence-electron chi connectivity index (χ0n) is 9.62. The summed E-state index contributed by atoms with van der Waals surface area (Å²) in [6.45, 7) is 3.53. The van der Waals surface area contributed by atoms with Crippen LogP contribution in [0.3, 0.4) is 0 Å². The Morgan fingerprint density at radius 1 is 1.40 bits per heavy atom. The van der Waals surface area contributed by atoms with Crippen molar-refractivity contribution in [2.24, 2.45) is 0 Å². The Kier molecular flexibility index (Phi) is 5.02. The quantitative estimate of drug-likeness (QED) is 0.711. The summed E-state index contributed by atoms with van der Waals surface area (Å²) in [7, 11) is -0.919. The van der Waals surface area contributed by atoms with Gasteiger partial charge in [-0.25, -0.2) is 8.42 Å². The van der Waals surface area contributed by atoms with Crippen molar-refractivity contribution in [2.75, 3.05) is 25.9 Å². The molecule has 2 atom stereocenters. The highest BCUT2D eigenvalue weighted by Crippen LogP contribution is 2.18. The Labute approximate surface area is 92.7 Å². The highest BCUT2D eigenvalue weighted by molar-refractivity contribution is 7.92. The minimum atomic E-state index is -2.82. The molecular weight excluding hydrogens is 212 g/mol. The van der Waals surface area contributed by atoms with Gasteiger partial charge >= 0.3 is 0 Å². The summed E-state index contributed by atoms with van der Waals surface area (Å²) >= 11 is 0. The van der Waals surface area contributed by atoms with Gasteiger partial charge in [0.15, 0.2) is 9.84 Å². The minimum Gasteiger partial charge on any atom is -0.318 e. The summed E-state index contributed by atoms with van der Waals surface area (Å²) in [4.78, 5) is 0. The molecular formula is C10H22N2O2S. The van der Waals surface area contributed by atoms with Crippen molar-refractivity contribution in [3.05, 3.63) is 0 Å². The maximum atomic E-state index is 11.7. The number of hydrogen-bond donors (Lipinski definition) is 2. The van der Waals surface area contributed by atoms with E-state index in [1.54, 1.807) is 0 Å². The van der Waals surface area contributed by atoms with Gasteiger partial charge in [0.25, 0.3) is 0 Å². The molecule has 0 amide bonds. The monoisotopic (exact) mass is 234 g/mol. The van der Waals surface area contributed by atoms with Crippen LogP contribution in [-0.2, 0) is 9.84 Å². The molecule has 4 nitrogen and oxygen atoms in total. The number of rotatable bonds is 5. The fourth-order valence-corrected chi connectivity index (χ4v) is 3.78. The first kappa shape index (κ1) is 12.9. The van der Waals surface area contributed by atoms with Gasteiger partial charge in [-0.2, -0.15) is 0 Å². The largest absolute Gasteiger partial charge is 0.318 e. The van der Waals surface area contributed by atoms with E-state index in [4.69, 9.17) is 0 Å². The molecule has 15 heavy (non-hydrogen) atoms. The lowest BCUT2D eigenvalue weighted by Gasteiger charge is -2.24. The van der Waals surface area contributed by atoms with Crippen molar-refractivity contribution >= 4 is 9.84 Å². The standard InChI is InChI=1S/C10H22N2O2S/c1-9(7-11-2)12-8-10-5-3-4-6-15(10,13)14/h9-12H,3-8H2,1-2H3. The van der Waals surface area contributed by atoms with Crippen molar-refractivity contribution in [2.45, 2.75) is 37.5 Å². The molecule has 1 heterocycles. The van der Waals surface area contributed by atoms with Crippen molar-refractivity contribution in [1.29, 1.82) is 0 Å². The number of likely N-dealkylation sites (N-methyl/N-ethyl adjacent to an activating group) is 1. The van der Waals surface area contributed by atoms with Crippen LogP contribution in [0.4, 0.5) is 0 Å². The third-order valence-corrected chi connectivity index (χ3v) is 5.19. The topological polar surface area (TPSA) is 58.2 Å². The Morgan fingerprint density at radius 2 is 2.13 bits per heavy atom.